The number of nitrogens with zero attached hydrogens (tertiary/aromatic N) is 2. The van der Waals surface area contributed by atoms with Gasteiger partial charge >= 0.3 is 0 Å². The van der Waals surface area contributed by atoms with E-state index in [9.17, 15) is 4.39 Å². The molecule has 1 aliphatic heterocycles. The minimum absolute atomic E-state index is 0.161. The summed E-state index contributed by atoms with van der Waals surface area (Å²) in [5.74, 6) is 0.528. The minimum atomic E-state index is -0.161. The SMILES string of the molecule is CCCNCC(C)CN1CCN(c2ccc(F)cc2)CC1. The van der Waals surface area contributed by atoms with Gasteiger partial charge in [-0.05, 0) is 49.7 Å². The van der Waals surface area contributed by atoms with Gasteiger partial charge in [0.25, 0.3) is 0 Å². The second-order valence-electron chi connectivity index (χ2n) is 6.07. The largest absolute Gasteiger partial charge is 0.369 e. The third-order valence-electron chi connectivity index (χ3n) is 4.05. The van der Waals surface area contributed by atoms with Crippen molar-refractivity contribution in [2.45, 2.75) is 20.3 Å². The van der Waals surface area contributed by atoms with Crippen LogP contribution in [-0.2, 0) is 0 Å². The molecule has 2 rings (SSSR count). The van der Waals surface area contributed by atoms with Crippen molar-refractivity contribution in [3.8, 4) is 0 Å². The maximum Gasteiger partial charge on any atom is 0.123 e. The molecule has 1 aromatic carbocycles. The van der Waals surface area contributed by atoms with Crippen LogP contribution in [0.5, 0.6) is 0 Å². The molecule has 1 N–H and O–H groups in total. The first-order chi connectivity index (χ1) is 10.2. The predicted molar refractivity (Wildman–Crippen MR) is 87.4 cm³/mol. The Morgan fingerprint density at radius 3 is 2.43 bits per heavy atom. The number of nitrogens with one attached hydrogen (secondary N) is 1. The Morgan fingerprint density at radius 1 is 1.14 bits per heavy atom. The summed E-state index contributed by atoms with van der Waals surface area (Å²) in [6.45, 7) is 12.1. The number of halogens is 1. The van der Waals surface area contributed by atoms with Crippen LogP contribution in [0, 0.1) is 11.7 Å². The van der Waals surface area contributed by atoms with Gasteiger partial charge < -0.3 is 10.2 Å². The van der Waals surface area contributed by atoms with Crippen molar-refractivity contribution < 1.29 is 4.39 Å². The average Bonchev–Trinajstić information content (AvgIpc) is 2.49. The molecule has 1 fully saturated rings. The molecule has 4 heteroatoms. The van der Waals surface area contributed by atoms with Gasteiger partial charge in [0.1, 0.15) is 5.82 Å². The van der Waals surface area contributed by atoms with Crippen LogP contribution in [0.4, 0.5) is 10.1 Å². The molecule has 1 unspecified atom stereocenters. The highest BCUT2D eigenvalue weighted by molar-refractivity contribution is 5.46. The summed E-state index contributed by atoms with van der Waals surface area (Å²) in [4.78, 5) is 4.88. The minimum Gasteiger partial charge on any atom is -0.369 e. The normalized spacial score (nSPS) is 18.0. The Bertz CT molecular complexity index is 399. The molecule has 1 atom stereocenters. The third kappa shape index (κ3) is 5.29. The van der Waals surface area contributed by atoms with Gasteiger partial charge in [0.2, 0.25) is 0 Å². The Morgan fingerprint density at radius 2 is 1.81 bits per heavy atom. The molecule has 0 amide bonds. The second-order valence-corrected chi connectivity index (χ2v) is 6.07. The smallest absolute Gasteiger partial charge is 0.123 e. The molecule has 0 aliphatic carbocycles. The molecule has 0 bridgehead atoms. The lowest BCUT2D eigenvalue weighted by Crippen LogP contribution is -2.48. The van der Waals surface area contributed by atoms with Crippen LogP contribution in [0.25, 0.3) is 0 Å². The zero-order valence-electron chi connectivity index (χ0n) is 13.3. The molecule has 1 heterocycles. The lowest BCUT2D eigenvalue weighted by molar-refractivity contribution is 0.222. The average molecular weight is 293 g/mol. The zero-order valence-corrected chi connectivity index (χ0v) is 13.3. The summed E-state index contributed by atoms with van der Waals surface area (Å²) in [5.41, 5.74) is 1.13. The molecule has 21 heavy (non-hydrogen) atoms. The van der Waals surface area contributed by atoms with Crippen LogP contribution < -0.4 is 10.2 Å². The number of rotatable bonds is 7. The van der Waals surface area contributed by atoms with Crippen molar-refractivity contribution in [2.24, 2.45) is 5.92 Å². The van der Waals surface area contributed by atoms with Crippen molar-refractivity contribution in [3.63, 3.8) is 0 Å². The molecule has 1 aliphatic rings. The lowest BCUT2D eigenvalue weighted by Gasteiger charge is -2.37. The summed E-state index contributed by atoms with van der Waals surface area (Å²) >= 11 is 0. The topological polar surface area (TPSA) is 18.5 Å². The highest BCUT2D eigenvalue weighted by Crippen LogP contribution is 2.17. The standard InChI is InChI=1S/C17H28FN3/c1-3-8-19-13-15(2)14-20-9-11-21(12-10-20)17-6-4-16(18)5-7-17/h4-7,15,19H,3,8-14H2,1-2H3. The first-order valence-electron chi connectivity index (χ1n) is 8.12. The van der Waals surface area contributed by atoms with E-state index in [1.165, 1.54) is 6.42 Å². The highest BCUT2D eigenvalue weighted by Gasteiger charge is 2.18. The van der Waals surface area contributed by atoms with Crippen molar-refractivity contribution in [1.29, 1.82) is 0 Å². The molecule has 0 saturated carbocycles. The maximum absolute atomic E-state index is 13.0. The van der Waals surface area contributed by atoms with E-state index in [2.05, 4.69) is 29.0 Å². The van der Waals surface area contributed by atoms with Gasteiger partial charge in [0.05, 0.1) is 0 Å². The fourth-order valence-corrected chi connectivity index (χ4v) is 2.87. The van der Waals surface area contributed by atoms with Crippen molar-refractivity contribution in [1.82, 2.24) is 10.2 Å². The van der Waals surface area contributed by atoms with E-state index < -0.39 is 0 Å². The van der Waals surface area contributed by atoms with Gasteiger partial charge in [0.15, 0.2) is 0 Å². The summed E-state index contributed by atoms with van der Waals surface area (Å²) in [5, 5.41) is 3.49. The predicted octanol–water partition coefficient (Wildman–Crippen LogP) is 2.58. The highest BCUT2D eigenvalue weighted by atomic mass is 19.1. The first kappa shape index (κ1) is 16.2. The van der Waals surface area contributed by atoms with E-state index >= 15 is 0 Å². The van der Waals surface area contributed by atoms with Crippen LogP contribution in [0.2, 0.25) is 0 Å². The lowest BCUT2D eigenvalue weighted by atomic mass is 10.1. The van der Waals surface area contributed by atoms with E-state index in [-0.39, 0.29) is 5.82 Å². The monoisotopic (exact) mass is 293 g/mol. The van der Waals surface area contributed by atoms with Crippen LogP contribution in [-0.4, -0.2) is 50.7 Å². The van der Waals surface area contributed by atoms with Crippen LogP contribution >= 0.6 is 0 Å². The fourth-order valence-electron chi connectivity index (χ4n) is 2.87. The quantitative estimate of drug-likeness (QED) is 0.780. The number of hydrogen-bond acceptors (Lipinski definition) is 3. The van der Waals surface area contributed by atoms with Gasteiger partial charge in [-0.1, -0.05) is 13.8 Å². The maximum atomic E-state index is 13.0. The number of piperazine rings is 1. The molecular formula is C17H28FN3. The number of hydrogen-bond donors (Lipinski definition) is 1. The summed E-state index contributed by atoms with van der Waals surface area (Å²) in [7, 11) is 0. The van der Waals surface area contributed by atoms with E-state index in [0.29, 0.717) is 5.92 Å². The molecule has 0 aromatic heterocycles. The van der Waals surface area contributed by atoms with Crippen molar-refractivity contribution in [3.05, 3.63) is 30.1 Å². The van der Waals surface area contributed by atoms with Gasteiger partial charge in [-0.15, -0.1) is 0 Å². The fraction of sp³-hybridized carbons (Fsp3) is 0.647. The second kappa shape index (κ2) is 8.35. The van der Waals surface area contributed by atoms with E-state index in [0.717, 1.165) is 51.5 Å². The molecule has 118 valence electrons. The Kier molecular flexibility index (Phi) is 6.46. The number of anilines is 1. The molecule has 1 saturated heterocycles. The van der Waals surface area contributed by atoms with Crippen LogP contribution in [0.1, 0.15) is 20.3 Å². The zero-order chi connectivity index (χ0) is 15.1. The van der Waals surface area contributed by atoms with Gasteiger partial charge in [0, 0.05) is 38.4 Å². The van der Waals surface area contributed by atoms with Crippen molar-refractivity contribution in [2.75, 3.05) is 50.7 Å². The van der Waals surface area contributed by atoms with Gasteiger partial charge in [-0.25, -0.2) is 4.39 Å². The van der Waals surface area contributed by atoms with E-state index in [1.807, 2.05) is 12.1 Å². The first-order valence-corrected chi connectivity index (χ1v) is 8.12. The Balaban J connectivity index is 1.71. The van der Waals surface area contributed by atoms with Crippen LogP contribution in [0.3, 0.4) is 0 Å². The van der Waals surface area contributed by atoms with Crippen LogP contribution in [0.15, 0.2) is 24.3 Å². The third-order valence-corrected chi connectivity index (χ3v) is 4.05. The van der Waals surface area contributed by atoms with Gasteiger partial charge in [-0.2, -0.15) is 0 Å². The molecular weight excluding hydrogens is 265 g/mol. The summed E-state index contributed by atoms with van der Waals surface area (Å²) in [6, 6.07) is 6.84. The molecule has 0 spiro atoms. The summed E-state index contributed by atoms with van der Waals surface area (Å²) < 4.78 is 13.0. The Labute approximate surface area is 128 Å². The van der Waals surface area contributed by atoms with E-state index in [4.69, 9.17) is 0 Å². The molecule has 1 aromatic rings. The Hall–Kier alpha value is -1.13. The molecule has 3 nitrogen and oxygen atoms in total. The van der Waals surface area contributed by atoms with Gasteiger partial charge in [-0.3, -0.25) is 4.90 Å². The number of benzene rings is 1. The molecule has 0 radical (unpaired) electrons. The summed E-state index contributed by atoms with van der Waals surface area (Å²) in [6.07, 6.45) is 1.20. The van der Waals surface area contributed by atoms with Crippen molar-refractivity contribution >= 4 is 5.69 Å². The van der Waals surface area contributed by atoms with E-state index in [1.54, 1.807) is 12.1 Å².